The van der Waals surface area contributed by atoms with Gasteiger partial charge in [0.25, 0.3) is 0 Å². The third kappa shape index (κ3) is 2.78. The van der Waals surface area contributed by atoms with E-state index in [0.29, 0.717) is 12.3 Å². The first kappa shape index (κ1) is 15.5. The lowest BCUT2D eigenvalue weighted by Gasteiger charge is -2.30. The second kappa shape index (κ2) is 6.36. The van der Waals surface area contributed by atoms with E-state index in [9.17, 15) is 4.39 Å². The molecule has 0 saturated heterocycles. The Morgan fingerprint density at radius 1 is 1.26 bits per heavy atom. The van der Waals surface area contributed by atoms with Crippen LogP contribution in [0.3, 0.4) is 0 Å². The van der Waals surface area contributed by atoms with E-state index in [0.717, 1.165) is 29.5 Å². The molecular formula is C20H18FNO. The quantitative estimate of drug-likeness (QED) is 0.536. The third-order valence-corrected chi connectivity index (χ3v) is 4.34. The number of rotatable bonds is 4. The molecule has 1 heterocycles. The minimum absolute atomic E-state index is 0.251. The van der Waals surface area contributed by atoms with Crippen molar-refractivity contribution in [3.8, 4) is 0 Å². The first-order chi connectivity index (χ1) is 11.2. The zero-order chi connectivity index (χ0) is 16.3. The van der Waals surface area contributed by atoms with Crippen LogP contribution < -0.4 is 0 Å². The molecule has 2 aromatic rings. The van der Waals surface area contributed by atoms with Crippen LogP contribution in [0.25, 0.3) is 4.85 Å². The van der Waals surface area contributed by atoms with Crippen LogP contribution in [0, 0.1) is 12.4 Å². The van der Waals surface area contributed by atoms with Crippen molar-refractivity contribution in [2.75, 3.05) is 0 Å². The maximum absolute atomic E-state index is 13.3. The van der Waals surface area contributed by atoms with Gasteiger partial charge in [0.15, 0.2) is 5.69 Å². The second-order valence-electron chi connectivity index (χ2n) is 5.68. The van der Waals surface area contributed by atoms with Gasteiger partial charge in [0.1, 0.15) is 11.4 Å². The van der Waals surface area contributed by atoms with Crippen molar-refractivity contribution in [3.63, 3.8) is 0 Å². The summed E-state index contributed by atoms with van der Waals surface area (Å²) < 4.78 is 19.5. The van der Waals surface area contributed by atoms with Gasteiger partial charge < -0.3 is 4.74 Å². The van der Waals surface area contributed by atoms with Crippen LogP contribution in [-0.4, -0.2) is 0 Å². The summed E-state index contributed by atoms with van der Waals surface area (Å²) in [6.07, 6.45) is 5.79. The Kier molecular flexibility index (Phi) is 4.27. The van der Waals surface area contributed by atoms with Crippen LogP contribution >= 0.6 is 0 Å². The van der Waals surface area contributed by atoms with Crippen molar-refractivity contribution >= 4 is 5.69 Å². The molecule has 3 heteroatoms. The van der Waals surface area contributed by atoms with Crippen LogP contribution in [0.4, 0.5) is 10.1 Å². The third-order valence-electron chi connectivity index (χ3n) is 4.34. The Bertz CT molecular complexity index is 773. The van der Waals surface area contributed by atoms with E-state index in [2.05, 4.69) is 10.9 Å². The molecule has 1 atom stereocenters. The number of nitrogens with zero attached hydrogens (tertiary/aromatic N) is 1. The minimum Gasteiger partial charge on any atom is -0.361 e. The van der Waals surface area contributed by atoms with Gasteiger partial charge in [-0.25, -0.2) is 9.24 Å². The van der Waals surface area contributed by atoms with Crippen molar-refractivity contribution in [2.24, 2.45) is 0 Å². The summed E-state index contributed by atoms with van der Waals surface area (Å²) in [4.78, 5) is 3.49. The number of allylic oxidation sites excluding steroid dienone is 2. The van der Waals surface area contributed by atoms with Gasteiger partial charge in [-0.3, -0.25) is 0 Å². The molecule has 0 aromatic heterocycles. The van der Waals surface area contributed by atoms with Crippen molar-refractivity contribution in [1.82, 2.24) is 0 Å². The fourth-order valence-corrected chi connectivity index (χ4v) is 3.20. The van der Waals surface area contributed by atoms with Crippen LogP contribution in [-0.2, 0) is 16.9 Å². The van der Waals surface area contributed by atoms with Gasteiger partial charge >= 0.3 is 0 Å². The minimum atomic E-state index is -0.566. The molecule has 1 aliphatic heterocycles. The molecule has 3 rings (SSSR count). The van der Waals surface area contributed by atoms with Crippen molar-refractivity contribution in [2.45, 2.75) is 32.0 Å². The monoisotopic (exact) mass is 307 g/mol. The lowest BCUT2D eigenvalue weighted by Crippen LogP contribution is -2.26. The Balaban J connectivity index is 2.09. The van der Waals surface area contributed by atoms with E-state index in [1.165, 1.54) is 12.1 Å². The molecule has 23 heavy (non-hydrogen) atoms. The maximum atomic E-state index is 13.3. The number of benzene rings is 2. The molecule has 2 nitrogen and oxygen atoms in total. The Morgan fingerprint density at radius 3 is 2.74 bits per heavy atom. The predicted molar refractivity (Wildman–Crippen MR) is 88.7 cm³/mol. The zero-order valence-corrected chi connectivity index (χ0v) is 13.1. The average molecular weight is 307 g/mol. The predicted octanol–water partition coefficient (Wildman–Crippen LogP) is 5.51. The van der Waals surface area contributed by atoms with Gasteiger partial charge in [0.05, 0.1) is 13.2 Å². The molecule has 0 amide bonds. The number of halogens is 1. The summed E-state index contributed by atoms with van der Waals surface area (Å²) in [5.41, 5.74) is 3.14. The molecule has 0 spiro atoms. The van der Waals surface area contributed by atoms with Gasteiger partial charge in [-0.05, 0) is 48.6 Å². The lowest BCUT2D eigenvalue weighted by molar-refractivity contribution is -0.0109. The van der Waals surface area contributed by atoms with Gasteiger partial charge in [-0.2, -0.15) is 0 Å². The first-order valence-corrected chi connectivity index (χ1v) is 7.71. The summed E-state index contributed by atoms with van der Waals surface area (Å²) >= 11 is 0. The van der Waals surface area contributed by atoms with Gasteiger partial charge in [0, 0.05) is 0 Å². The highest BCUT2D eigenvalue weighted by Gasteiger charge is 2.41. The van der Waals surface area contributed by atoms with Crippen molar-refractivity contribution in [3.05, 3.63) is 88.5 Å². The molecule has 0 saturated carbocycles. The van der Waals surface area contributed by atoms with Crippen molar-refractivity contribution < 1.29 is 9.13 Å². The molecule has 2 aromatic carbocycles. The highest BCUT2D eigenvalue weighted by atomic mass is 19.1. The molecule has 1 aliphatic rings. The second-order valence-corrected chi connectivity index (χ2v) is 5.68. The summed E-state index contributed by atoms with van der Waals surface area (Å²) in [5, 5.41) is 0. The van der Waals surface area contributed by atoms with E-state index in [-0.39, 0.29) is 5.82 Å². The molecular weight excluding hydrogens is 289 g/mol. The largest absolute Gasteiger partial charge is 0.361 e. The van der Waals surface area contributed by atoms with E-state index in [1.807, 2.05) is 31.2 Å². The van der Waals surface area contributed by atoms with Crippen LogP contribution in [0.5, 0.6) is 0 Å². The molecule has 0 aliphatic carbocycles. The Labute approximate surface area is 136 Å². The Morgan fingerprint density at radius 2 is 2.04 bits per heavy atom. The van der Waals surface area contributed by atoms with Gasteiger partial charge in [0.2, 0.25) is 0 Å². The molecule has 0 radical (unpaired) electrons. The van der Waals surface area contributed by atoms with Crippen LogP contribution in [0.1, 0.15) is 36.5 Å². The van der Waals surface area contributed by atoms with Crippen LogP contribution in [0.15, 0.2) is 54.6 Å². The number of fused-ring (bicyclic) bond motifs is 1. The number of ether oxygens (including phenoxy) is 1. The smallest absolute Gasteiger partial charge is 0.187 e. The topological polar surface area (TPSA) is 13.6 Å². The summed E-state index contributed by atoms with van der Waals surface area (Å²) in [7, 11) is 0. The van der Waals surface area contributed by atoms with E-state index in [4.69, 9.17) is 11.3 Å². The summed E-state index contributed by atoms with van der Waals surface area (Å²) in [6.45, 7) is 9.64. The van der Waals surface area contributed by atoms with Gasteiger partial charge in [-0.15, -0.1) is 0 Å². The molecule has 1 unspecified atom stereocenters. The molecule has 0 fully saturated rings. The van der Waals surface area contributed by atoms with E-state index in [1.54, 1.807) is 12.1 Å². The number of hydrogen-bond acceptors (Lipinski definition) is 1. The fourth-order valence-electron chi connectivity index (χ4n) is 3.20. The van der Waals surface area contributed by atoms with E-state index < -0.39 is 5.60 Å². The van der Waals surface area contributed by atoms with Crippen LogP contribution in [0.2, 0.25) is 0 Å². The van der Waals surface area contributed by atoms with Gasteiger partial charge in [-0.1, -0.05) is 42.5 Å². The highest BCUT2D eigenvalue weighted by molar-refractivity contribution is 5.54. The van der Waals surface area contributed by atoms with Crippen molar-refractivity contribution in [1.29, 1.82) is 0 Å². The summed E-state index contributed by atoms with van der Waals surface area (Å²) in [6, 6.07) is 12.2. The highest BCUT2D eigenvalue weighted by Crippen LogP contribution is 2.46. The normalized spacial score (nSPS) is 19.7. The maximum Gasteiger partial charge on any atom is 0.187 e. The average Bonchev–Trinajstić information content (AvgIpc) is 2.95. The summed E-state index contributed by atoms with van der Waals surface area (Å²) in [5.74, 6) is -0.251. The first-order valence-electron chi connectivity index (χ1n) is 7.71. The molecule has 116 valence electrons. The standard InChI is InChI=1S/C20H18FNO/c1-3-4-5-12-20(16-6-8-17(21)9-7-16)19-11-10-18(22-2)13-15(19)14-23-20/h3-4,6-11,13H,5,12,14H2,1H3/b4-3+. The molecule has 0 bridgehead atoms. The SMILES string of the molecule is [C-]#[N+]c1ccc2c(c1)COC2(CC/C=C/C)c1ccc(F)cc1. The fraction of sp³-hybridized carbons (Fsp3) is 0.250. The lowest BCUT2D eigenvalue weighted by atomic mass is 9.82. The Hall–Kier alpha value is -2.44. The molecule has 0 N–H and O–H groups in total. The zero-order valence-electron chi connectivity index (χ0n) is 13.1. The van der Waals surface area contributed by atoms with E-state index >= 15 is 0 Å². The number of hydrogen-bond donors (Lipinski definition) is 0.